The van der Waals surface area contributed by atoms with Gasteiger partial charge in [-0.3, -0.25) is 14.5 Å². The number of carboxylic acid groups (broad SMARTS) is 1. The van der Waals surface area contributed by atoms with E-state index in [4.69, 9.17) is 4.42 Å². The Labute approximate surface area is 181 Å². The summed E-state index contributed by atoms with van der Waals surface area (Å²) in [6, 6.07) is 13.8. The Hall–Kier alpha value is -3.65. The number of hydrogen-bond acceptors (Lipinski definition) is 6. The van der Waals surface area contributed by atoms with Crippen LogP contribution in [-0.4, -0.2) is 22.0 Å². The number of carbonyl (C=O) groups excluding carboxylic acids is 3. The molecule has 0 aliphatic carbocycles. The summed E-state index contributed by atoms with van der Waals surface area (Å²) in [5.41, 5.74) is 1.65. The molecule has 0 N–H and O–H groups in total. The third-order valence-electron chi connectivity index (χ3n) is 4.80. The zero-order valence-electron chi connectivity index (χ0n) is 16.3. The average Bonchev–Trinajstić information content (AvgIpc) is 3.30. The van der Waals surface area contributed by atoms with Gasteiger partial charge in [0.15, 0.2) is 0 Å². The van der Waals surface area contributed by atoms with Crippen molar-refractivity contribution >= 4 is 35.0 Å². The molecule has 0 spiro atoms. The van der Waals surface area contributed by atoms with Crippen LogP contribution < -0.4 is 5.11 Å². The van der Waals surface area contributed by atoms with Gasteiger partial charge < -0.3 is 14.3 Å². The number of aryl methyl sites for hydroxylation is 1. The number of halogens is 1. The first-order valence-corrected chi connectivity index (χ1v) is 10.1. The first kappa shape index (κ1) is 20.6. The van der Waals surface area contributed by atoms with E-state index in [2.05, 4.69) is 0 Å². The van der Waals surface area contributed by atoms with Gasteiger partial charge >= 0.3 is 0 Å². The highest BCUT2D eigenvalue weighted by Crippen LogP contribution is 2.35. The number of carboxylic acids is 1. The molecule has 3 aromatic rings. The van der Waals surface area contributed by atoms with Crippen molar-refractivity contribution in [3.8, 4) is 11.3 Å². The van der Waals surface area contributed by atoms with Crippen LogP contribution in [0.2, 0.25) is 0 Å². The summed E-state index contributed by atoms with van der Waals surface area (Å²) in [5.74, 6) is -1.58. The van der Waals surface area contributed by atoms with Gasteiger partial charge in [0.2, 0.25) is 0 Å². The van der Waals surface area contributed by atoms with Crippen LogP contribution in [0.5, 0.6) is 0 Å². The Morgan fingerprint density at radius 1 is 1.16 bits per heavy atom. The van der Waals surface area contributed by atoms with E-state index in [9.17, 15) is 23.9 Å². The van der Waals surface area contributed by atoms with Crippen molar-refractivity contribution in [2.24, 2.45) is 0 Å². The lowest BCUT2D eigenvalue weighted by Crippen LogP contribution is -2.27. The highest BCUT2D eigenvalue weighted by atomic mass is 32.2. The second-order valence-electron chi connectivity index (χ2n) is 6.88. The first-order valence-electron chi connectivity index (χ1n) is 9.24. The van der Waals surface area contributed by atoms with Crippen LogP contribution >= 0.6 is 11.8 Å². The number of aromatic carboxylic acids is 1. The number of carbonyl (C=O) groups is 3. The molecule has 6 nitrogen and oxygen atoms in total. The molecule has 1 aliphatic rings. The smallest absolute Gasteiger partial charge is 0.293 e. The predicted molar refractivity (Wildman–Crippen MR) is 111 cm³/mol. The van der Waals surface area contributed by atoms with E-state index in [0.29, 0.717) is 17.1 Å². The van der Waals surface area contributed by atoms with Crippen LogP contribution in [0.1, 0.15) is 27.2 Å². The maximum absolute atomic E-state index is 13.9. The van der Waals surface area contributed by atoms with Crippen molar-refractivity contribution in [2.75, 3.05) is 0 Å². The van der Waals surface area contributed by atoms with Crippen molar-refractivity contribution in [2.45, 2.75) is 13.5 Å². The van der Waals surface area contributed by atoms with Crippen molar-refractivity contribution < 1.29 is 28.3 Å². The van der Waals surface area contributed by atoms with Gasteiger partial charge in [-0.15, -0.1) is 0 Å². The maximum Gasteiger partial charge on any atom is 0.293 e. The number of benzene rings is 2. The van der Waals surface area contributed by atoms with Gasteiger partial charge in [-0.1, -0.05) is 30.3 Å². The lowest BCUT2D eigenvalue weighted by atomic mass is 10.0. The molecule has 1 aromatic heterocycles. The highest BCUT2D eigenvalue weighted by molar-refractivity contribution is 8.18. The van der Waals surface area contributed by atoms with Gasteiger partial charge in [-0.05, 0) is 54.1 Å². The quantitative estimate of drug-likeness (QED) is 0.562. The summed E-state index contributed by atoms with van der Waals surface area (Å²) >= 11 is 0.746. The van der Waals surface area contributed by atoms with Gasteiger partial charge in [0, 0.05) is 17.2 Å². The van der Waals surface area contributed by atoms with Crippen molar-refractivity contribution in [1.29, 1.82) is 0 Å². The molecule has 0 saturated carbocycles. The Kier molecular flexibility index (Phi) is 5.48. The standard InChI is InChI=1S/C23H16FNO5S/c1-13-6-7-14(22(27)28)10-17(13)19-9-8-16(30-19)11-20-21(26)25(23(29)31-20)12-15-4-2-3-5-18(15)24/h2-11H,12H2,1H3,(H,27,28)/p-1/b20-11+. The molecule has 2 aromatic carbocycles. The molecule has 0 atom stereocenters. The Balaban J connectivity index is 1.58. The molecule has 156 valence electrons. The van der Waals surface area contributed by atoms with Crippen LogP contribution in [0, 0.1) is 12.7 Å². The predicted octanol–water partition coefficient (Wildman–Crippen LogP) is 3.99. The number of hydrogen-bond donors (Lipinski definition) is 0. The van der Waals surface area contributed by atoms with Gasteiger partial charge in [-0.25, -0.2) is 4.39 Å². The fraction of sp³-hybridized carbons (Fsp3) is 0.0870. The van der Waals surface area contributed by atoms with Crippen LogP contribution in [0.4, 0.5) is 9.18 Å². The minimum Gasteiger partial charge on any atom is -0.545 e. The zero-order chi connectivity index (χ0) is 22.1. The number of amides is 2. The molecule has 1 saturated heterocycles. The molecule has 31 heavy (non-hydrogen) atoms. The van der Waals surface area contributed by atoms with Crippen LogP contribution in [-0.2, 0) is 11.3 Å². The van der Waals surface area contributed by atoms with E-state index in [-0.39, 0.29) is 22.6 Å². The van der Waals surface area contributed by atoms with Gasteiger partial charge in [0.25, 0.3) is 11.1 Å². The molecule has 4 rings (SSSR count). The lowest BCUT2D eigenvalue weighted by molar-refractivity contribution is -0.255. The maximum atomic E-state index is 13.9. The Bertz CT molecular complexity index is 1250. The number of furan rings is 1. The summed E-state index contributed by atoms with van der Waals surface area (Å²) in [5, 5.41) is 10.6. The summed E-state index contributed by atoms with van der Waals surface area (Å²) in [7, 11) is 0. The Morgan fingerprint density at radius 3 is 2.68 bits per heavy atom. The zero-order valence-corrected chi connectivity index (χ0v) is 17.1. The van der Waals surface area contributed by atoms with Crippen LogP contribution in [0.15, 0.2) is 63.9 Å². The monoisotopic (exact) mass is 436 g/mol. The normalized spacial score (nSPS) is 15.2. The first-order chi connectivity index (χ1) is 14.8. The van der Waals surface area contributed by atoms with Gasteiger partial charge in [0.05, 0.1) is 17.4 Å². The molecule has 1 fully saturated rings. The molecule has 0 radical (unpaired) electrons. The van der Waals surface area contributed by atoms with Crippen molar-refractivity contribution in [3.05, 3.63) is 87.8 Å². The second-order valence-corrected chi connectivity index (χ2v) is 7.87. The minimum atomic E-state index is -1.29. The third-order valence-corrected chi connectivity index (χ3v) is 5.71. The summed E-state index contributed by atoms with van der Waals surface area (Å²) < 4.78 is 19.6. The summed E-state index contributed by atoms with van der Waals surface area (Å²) in [6.45, 7) is 1.65. The fourth-order valence-electron chi connectivity index (χ4n) is 3.15. The minimum absolute atomic E-state index is 0.0211. The fourth-order valence-corrected chi connectivity index (χ4v) is 3.97. The van der Waals surface area contributed by atoms with Gasteiger partial charge in [0.1, 0.15) is 17.3 Å². The number of nitrogens with zero attached hydrogens (tertiary/aromatic N) is 1. The average molecular weight is 436 g/mol. The van der Waals surface area contributed by atoms with Crippen LogP contribution in [0.25, 0.3) is 17.4 Å². The van der Waals surface area contributed by atoms with E-state index in [0.717, 1.165) is 22.2 Å². The molecule has 0 bridgehead atoms. The largest absolute Gasteiger partial charge is 0.545 e. The number of imide groups is 1. The lowest BCUT2D eigenvalue weighted by Gasteiger charge is -2.12. The molecule has 0 unspecified atom stereocenters. The number of thioether (sulfide) groups is 1. The van der Waals surface area contributed by atoms with Crippen LogP contribution in [0.3, 0.4) is 0 Å². The highest BCUT2D eigenvalue weighted by Gasteiger charge is 2.35. The van der Waals surface area contributed by atoms with Crippen molar-refractivity contribution in [3.63, 3.8) is 0 Å². The molecule has 1 aliphatic heterocycles. The number of rotatable bonds is 5. The van der Waals surface area contributed by atoms with E-state index >= 15 is 0 Å². The third kappa shape index (κ3) is 4.15. The summed E-state index contributed by atoms with van der Waals surface area (Å²) in [6.07, 6.45) is 1.44. The summed E-state index contributed by atoms with van der Waals surface area (Å²) in [4.78, 5) is 37.2. The SMILES string of the molecule is Cc1ccc(C(=O)[O-])cc1-c1ccc(/C=C2/SC(=O)N(Cc3ccccc3F)C2=O)o1. The molecular formula is C23H15FNO5S-. The van der Waals surface area contributed by atoms with Gasteiger partial charge in [-0.2, -0.15) is 0 Å². The topological polar surface area (TPSA) is 90.6 Å². The van der Waals surface area contributed by atoms with E-state index in [1.54, 1.807) is 24.3 Å². The molecule has 2 amide bonds. The van der Waals surface area contributed by atoms with E-state index < -0.39 is 22.9 Å². The van der Waals surface area contributed by atoms with E-state index in [1.165, 1.54) is 36.4 Å². The molecule has 2 heterocycles. The van der Waals surface area contributed by atoms with E-state index in [1.807, 2.05) is 6.92 Å². The molecule has 8 heteroatoms. The Morgan fingerprint density at radius 2 is 1.94 bits per heavy atom. The van der Waals surface area contributed by atoms with Crippen molar-refractivity contribution in [1.82, 2.24) is 4.90 Å². The second kappa shape index (κ2) is 8.23. The molecular weight excluding hydrogens is 421 g/mol.